The van der Waals surface area contributed by atoms with E-state index in [9.17, 15) is 9.90 Å². The molecule has 0 aliphatic rings. The van der Waals surface area contributed by atoms with Crippen molar-refractivity contribution >= 4 is 11.0 Å². The van der Waals surface area contributed by atoms with E-state index >= 15 is 0 Å². The fourth-order valence-electron chi connectivity index (χ4n) is 5.51. The molecule has 0 aliphatic carbocycles. The van der Waals surface area contributed by atoms with Gasteiger partial charge in [0.15, 0.2) is 17.3 Å². The third-order valence-electron chi connectivity index (χ3n) is 8.05. The minimum absolute atomic E-state index is 0.00330. The van der Waals surface area contributed by atoms with E-state index in [4.69, 9.17) is 23.4 Å². The third-order valence-corrected chi connectivity index (χ3v) is 8.05. The second kappa shape index (κ2) is 15.2. The average Bonchev–Trinajstić information content (AvgIpc) is 3.16. The summed E-state index contributed by atoms with van der Waals surface area (Å²) in [5.41, 5.74) is 4.01. The minimum atomic E-state index is -0.434. The Hall–Kier alpha value is -6.47. The van der Waals surface area contributed by atoms with Crippen LogP contribution in [0.3, 0.4) is 0 Å². The zero-order valence-corrected chi connectivity index (χ0v) is 27.2. The van der Waals surface area contributed by atoms with Crippen molar-refractivity contribution in [1.29, 1.82) is 0 Å². The van der Waals surface area contributed by atoms with Gasteiger partial charge in [-0.25, -0.2) is 0 Å². The van der Waals surface area contributed by atoms with Gasteiger partial charge in [0.25, 0.3) is 0 Å². The van der Waals surface area contributed by atoms with Crippen molar-refractivity contribution in [3.63, 3.8) is 0 Å². The van der Waals surface area contributed by atoms with E-state index in [1.165, 1.54) is 12.1 Å². The van der Waals surface area contributed by atoms with Gasteiger partial charge in [-0.15, -0.1) is 0 Å². The minimum Gasteiger partial charge on any atom is -0.508 e. The van der Waals surface area contributed by atoms with Gasteiger partial charge in [0.2, 0.25) is 11.2 Å². The van der Waals surface area contributed by atoms with Crippen LogP contribution in [0.15, 0.2) is 161 Å². The van der Waals surface area contributed by atoms with Crippen LogP contribution in [-0.2, 0) is 26.4 Å². The fourth-order valence-corrected chi connectivity index (χ4v) is 5.51. The van der Waals surface area contributed by atoms with Gasteiger partial charge >= 0.3 is 0 Å². The Labute approximate surface area is 289 Å². The molecular weight excluding hydrogens is 628 g/mol. The summed E-state index contributed by atoms with van der Waals surface area (Å²) in [5.74, 6) is 1.25. The number of rotatable bonds is 13. The number of phenolic OH excluding ortho intramolecular Hbond substituents is 1. The van der Waals surface area contributed by atoms with Gasteiger partial charge in [-0.1, -0.05) is 121 Å². The predicted molar refractivity (Wildman–Crippen MR) is 193 cm³/mol. The molecule has 6 aromatic carbocycles. The molecule has 7 nitrogen and oxygen atoms in total. The van der Waals surface area contributed by atoms with Crippen LogP contribution < -0.4 is 24.4 Å². The zero-order valence-electron chi connectivity index (χ0n) is 27.2. The number of hydrogen-bond donors (Lipinski definition) is 1. The maximum absolute atomic E-state index is 14.4. The van der Waals surface area contributed by atoms with Gasteiger partial charge in [0, 0.05) is 17.7 Å². The predicted octanol–water partition coefficient (Wildman–Crippen LogP) is 9.48. The fraction of sp³-hybridized carbons (Fsp3) is 0.0930. The summed E-state index contributed by atoms with van der Waals surface area (Å²) in [6, 6.07) is 47.0. The van der Waals surface area contributed by atoms with Crippen molar-refractivity contribution in [3.8, 4) is 40.1 Å². The number of benzene rings is 6. The number of aromatic hydroxyl groups is 1. The second-order valence-electron chi connectivity index (χ2n) is 11.7. The first-order chi connectivity index (χ1) is 24.6. The summed E-state index contributed by atoms with van der Waals surface area (Å²) in [7, 11) is 0. The molecule has 0 atom stereocenters. The third kappa shape index (κ3) is 7.63. The van der Waals surface area contributed by atoms with Gasteiger partial charge in [-0.05, 0) is 40.5 Å². The summed E-state index contributed by atoms with van der Waals surface area (Å²) in [4.78, 5) is 14.4. The van der Waals surface area contributed by atoms with E-state index < -0.39 is 5.43 Å². The van der Waals surface area contributed by atoms with Crippen molar-refractivity contribution < 1.29 is 28.5 Å². The molecule has 0 aliphatic heterocycles. The standard InChI is InChI=1S/C43H34O7/c44-35-24-38(48-28-32-17-9-3-10-18-32)40-39(25-35)50-42(43(41(40)45)49-29-33-19-11-4-12-20-33)34-21-22-36(46-26-30-13-5-1-6-14-30)37(23-34)47-27-31-15-7-2-8-16-31/h1-25,44H,26-29H2. The van der Waals surface area contributed by atoms with Crippen LogP contribution >= 0.6 is 0 Å². The quantitative estimate of drug-likeness (QED) is 0.132. The molecule has 0 saturated carbocycles. The van der Waals surface area contributed by atoms with E-state index in [1.807, 2.05) is 121 Å². The molecule has 0 saturated heterocycles. The van der Waals surface area contributed by atoms with E-state index in [1.54, 1.807) is 18.2 Å². The van der Waals surface area contributed by atoms with Gasteiger partial charge in [-0.3, -0.25) is 4.79 Å². The molecular formula is C43H34O7. The first-order valence-electron chi connectivity index (χ1n) is 16.3. The van der Waals surface area contributed by atoms with Crippen LogP contribution in [-0.4, -0.2) is 5.11 Å². The van der Waals surface area contributed by atoms with E-state index in [-0.39, 0.29) is 47.2 Å². The SMILES string of the molecule is O=c1c(OCc2ccccc2)c(-c2ccc(OCc3ccccc3)c(OCc3ccccc3)c2)oc2cc(O)cc(OCc3ccccc3)c12. The molecule has 0 spiro atoms. The Balaban J connectivity index is 1.31. The first-order valence-corrected chi connectivity index (χ1v) is 16.3. The van der Waals surface area contributed by atoms with Gasteiger partial charge < -0.3 is 28.5 Å². The highest BCUT2D eigenvalue weighted by Crippen LogP contribution is 2.40. The molecule has 1 N–H and O–H groups in total. The molecule has 0 amide bonds. The molecule has 0 radical (unpaired) electrons. The summed E-state index contributed by atoms with van der Waals surface area (Å²) >= 11 is 0. The lowest BCUT2D eigenvalue weighted by Gasteiger charge is -2.17. The monoisotopic (exact) mass is 662 g/mol. The Kier molecular flexibility index (Phi) is 9.74. The second-order valence-corrected chi connectivity index (χ2v) is 11.7. The van der Waals surface area contributed by atoms with Crippen molar-refractivity contribution in [2.45, 2.75) is 26.4 Å². The highest BCUT2D eigenvalue weighted by atomic mass is 16.5. The highest BCUT2D eigenvalue weighted by Gasteiger charge is 2.23. The molecule has 1 aromatic heterocycles. The van der Waals surface area contributed by atoms with Crippen molar-refractivity contribution in [2.75, 3.05) is 0 Å². The van der Waals surface area contributed by atoms with Crippen LogP contribution in [0, 0.1) is 0 Å². The molecule has 0 unspecified atom stereocenters. The Bertz CT molecular complexity index is 2230. The van der Waals surface area contributed by atoms with Crippen LogP contribution in [0.25, 0.3) is 22.3 Å². The van der Waals surface area contributed by atoms with Gasteiger partial charge in [-0.2, -0.15) is 0 Å². The Morgan fingerprint density at radius 1 is 0.480 bits per heavy atom. The van der Waals surface area contributed by atoms with E-state index in [0.717, 1.165) is 22.3 Å². The molecule has 7 heteroatoms. The van der Waals surface area contributed by atoms with Crippen LogP contribution in [0.1, 0.15) is 22.3 Å². The maximum Gasteiger partial charge on any atom is 0.239 e. The normalized spacial score (nSPS) is 10.9. The van der Waals surface area contributed by atoms with Crippen LogP contribution in [0.2, 0.25) is 0 Å². The van der Waals surface area contributed by atoms with Crippen molar-refractivity contribution in [3.05, 3.63) is 184 Å². The van der Waals surface area contributed by atoms with Gasteiger partial charge in [0.05, 0.1) is 0 Å². The van der Waals surface area contributed by atoms with Crippen molar-refractivity contribution in [2.24, 2.45) is 0 Å². The molecule has 248 valence electrons. The molecule has 50 heavy (non-hydrogen) atoms. The lowest BCUT2D eigenvalue weighted by molar-refractivity contribution is 0.256. The Morgan fingerprint density at radius 3 is 1.46 bits per heavy atom. The van der Waals surface area contributed by atoms with Crippen LogP contribution in [0.4, 0.5) is 0 Å². The van der Waals surface area contributed by atoms with E-state index in [0.29, 0.717) is 30.3 Å². The first kappa shape index (κ1) is 32.1. The number of fused-ring (bicyclic) bond motifs is 1. The zero-order chi connectivity index (χ0) is 34.1. The van der Waals surface area contributed by atoms with Gasteiger partial charge in [0.1, 0.15) is 48.9 Å². The smallest absolute Gasteiger partial charge is 0.239 e. The topological polar surface area (TPSA) is 87.4 Å². The molecule has 7 aromatic rings. The number of phenols is 1. The van der Waals surface area contributed by atoms with Crippen LogP contribution in [0.5, 0.6) is 28.7 Å². The number of ether oxygens (including phenoxy) is 4. The van der Waals surface area contributed by atoms with Crippen molar-refractivity contribution in [1.82, 2.24) is 0 Å². The molecule has 0 fully saturated rings. The largest absolute Gasteiger partial charge is 0.508 e. The lowest BCUT2D eigenvalue weighted by Crippen LogP contribution is -2.12. The van der Waals surface area contributed by atoms with E-state index in [2.05, 4.69) is 0 Å². The summed E-state index contributed by atoms with van der Waals surface area (Å²) in [5, 5.41) is 10.8. The molecule has 0 bridgehead atoms. The highest BCUT2D eigenvalue weighted by molar-refractivity contribution is 5.88. The maximum atomic E-state index is 14.4. The number of hydrogen-bond acceptors (Lipinski definition) is 7. The average molecular weight is 663 g/mol. The summed E-state index contributed by atoms with van der Waals surface area (Å²) < 4.78 is 31.4. The summed E-state index contributed by atoms with van der Waals surface area (Å²) in [6.07, 6.45) is 0. The molecule has 7 rings (SSSR count). The lowest BCUT2D eigenvalue weighted by atomic mass is 10.1. The Morgan fingerprint density at radius 2 is 0.940 bits per heavy atom. The summed E-state index contributed by atoms with van der Waals surface area (Å²) in [6.45, 7) is 0.940. The molecule has 1 heterocycles.